The highest BCUT2D eigenvalue weighted by molar-refractivity contribution is 7.11. The van der Waals surface area contributed by atoms with Crippen LogP contribution in [0.4, 0.5) is 5.82 Å². The topological polar surface area (TPSA) is 126 Å². The summed E-state index contributed by atoms with van der Waals surface area (Å²) in [7, 11) is 0. The van der Waals surface area contributed by atoms with Gasteiger partial charge in [-0.25, -0.2) is 15.0 Å². The van der Waals surface area contributed by atoms with Crippen LogP contribution in [-0.2, 0) is 11.3 Å². The Balaban J connectivity index is 1.61. The molecule has 3 aromatic heterocycles. The van der Waals surface area contributed by atoms with E-state index in [0.29, 0.717) is 23.5 Å². The zero-order chi connectivity index (χ0) is 18.3. The molecule has 1 aliphatic heterocycles. The van der Waals surface area contributed by atoms with Crippen molar-refractivity contribution in [2.45, 2.75) is 38.0 Å². The van der Waals surface area contributed by atoms with Crippen molar-refractivity contribution in [3.05, 3.63) is 34.5 Å². The summed E-state index contributed by atoms with van der Waals surface area (Å²) in [5.74, 6) is 0.576. The number of nitrogens with one attached hydrogen (secondary N) is 1. The second-order valence-corrected chi connectivity index (χ2v) is 7.51. The van der Waals surface area contributed by atoms with Gasteiger partial charge in [-0.15, -0.1) is 11.3 Å². The van der Waals surface area contributed by atoms with E-state index in [1.807, 2.05) is 0 Å². The highest BCUT2D eigenvalue weighted by atomic mass is 32.1. The van der Waals surface area contributed by atoms with Gasteiger partial charge in [0.25, 0.3) is 0 Å². The van der Waals surface area contributed by atoms with Gasteiger partial charge in [0, 0.05) is 9.75 Å². The summed E-state index contributed by atoms with van der Waals surface area (Å²) in [6.45, 7) is 2.29. The summed E-state index contributed by atoms with van der Waals surface area (Å²) in [6.07, 6.45) is -1.21. The van der Waals surface area contributed by atoms with Gasteiger partial charge >= 0.3 is 0 Å². The maximum atomic E-state index is 10.2. The predicted molar refractivity (Wildman–Crippen MR) is 94.7 cm³/mol. The third-order valence-electron chi connectivity index (χ3n) is 4.38. The molecule has 0 aliphatic carbocycles. The van der Waals surface area contributed by atoms with Crippen LogP contribution >= 0.6 is 11.3 Å². The van der Waals surface area contributed by atoms with E-state index in [1.54, 1.807) is 15.9 Å². The van der Waals surface area contributed by atoms with Gasteiger partial charge in [-0.05, 0) is 19.1 Å². The molecule has 0 aromatic carbocycles. The van der Waals surface area contributed by atoms with Gasteiger partial charge in [0.2, 0.25) is 0 Å². The number of hydrogen-bond donors (Lipinski definition) is 4. The number of aliphatic hydroxyl groups excluding tert-OH is 3. The van der Waals surface area contributed by atoms with Crippen molar-refractivity contribution in [2.24, 2.45) is 0 Å². The van der Waals surface area contributed by atoms with Crippen molar-refractivity contribution in [3.63, 3.8) is 0 Å². The Morgan fingerprint density at radius 1 is 1.23 bits per heavy atom. The number of hydrogen-bond acceptors (Lipinski definition) is 9. The van der Waals surface area contributed by atoms with Crippen LogP contribution in [0.25, 0.3) is 11.2 Å². The first kappa shape index (κ1) is 17.3. The zero-order valence-corrected chi connectivity index (χ0v) is 14.8. The second kappa shape index (κ2) is 6.89. The number of nitrogens with zero attached hydrogens (tertiary/aromatic N) is 4. The number of aryl methyl sites for hydroxylation is 1. The molecule has 0 bridgehead atoms. The van der Waals surface area contributed by atoms with E-state index >= 15 is 0 Å². The highest BCUT2D eigenvalue weighted by Crippen LogP contribution is 2.32. The van der Waals surface area contributed by atoms with Crippen LogP contribution in [0.2, 0.25) is 0 Å². The summed E-state index contributed by atoms with van der Waals surface area (Å²) in [5.41, 5.74) is 1.01. The average molecular weight is 377 g/mol. The van der Waals surface area contributed by atoms with Crippen LogP contribution in [0.5, 0.6) is 0 Å². The van der Waals surface area contributed by atoms with Crippen LogP contribution in [-0.4, -0.2) is 59.8 Å². The molecule has 1 fully saturated rings. The fourth-order valence-corrected chi connectivity index (χ4v) is 3.86. The fraction of sp³-hybridized carbons (Fsp3) is 0.438. The summed E-state index contributed by atoms with van der Waals surface area (Å²) in [5, 5.41) is 32.7. The second-order valence-electron chi connectivity index (χ2n) is 6.14. The largest absolute Gasteiger partial charge is 0.394 e. The third kappa shape index (κ3) is 2.95. The molecule has 0 radical (unpaired) electrons. The quantitative estimate of drug-likeness (QED) is 0.504. The zero-order valence-electron chi connectivity index (χ0n) is 14.0. The number of rotatable bonds is 5. The smallest absolute Gasteiger partial charge is 0.167 e. The van der Waals surface area contributed by atoms with Crippen molar-refractivity contribution in [3.8, 4) is 0 Å². The molecule has 0 amide bonds. The molecule has 4 heterocycles. The first-order valence-electron chi connectivity index (χ1n) is 8.17. The molecule has 4 N–H and O–H groups in total. The summed E-state index contributed by atoms with van der Waals surface area (Å²) in [6, 6.07) is 4.12. The van der Waals surface area contributed by atoms with Gasteiger partial charge in [0.1, 0.15) is 24.6 Å². The third-order valence-corrected chi connectivity index (χ3v) is 5.38. The van der Waals surface area contributed by atoms with Gasteiger partial charge in [-0.1, -0.05) is 0 Å². The molecule has 26 heavy (non-hydrogen) atoms. The molecule has 10 heteroatoms. The van der Waals surface area contributed by atoms with Crippen molar-refractivity contribution < 1.29 is 20.1 Å². The minimum absolute atomic E-state index is 0.386. The first-order valence-corrected chi connectivity index (χ1v) is 8.99. The van der Waals surface area contributed by atoms with Crippen molar-refractivity contribution >= 4 is 28.3 Å². The molecular formula is C16H19N5O4S. The Bertz CT molecular complexity index is 913. The SMILES string of the molecule is Cc1ccc(CNc2ncnc3c2ncn3[C@@H]2O[C@H](CO)C(O)C2O)s1. The fourth-order valence-electron chi connectivity index (χ4n) is 3.03. The lowest BCUT2D eigenvalue weighted by Crippen LogP contribution is -2.33. The van der Waals surface area contributed by atoms with Crippen LogP contribution in [0.15, 0.2) is 24.8 Å². The van der Waals surface area contributed by atoms with Crippen LogP contribution < -0.4 is 5.32 Å². The molecular weight excluding hydrogens is 358 g/mol. The van der Waals surface area contributed by atoms with E-state index < -0.39 is 24.5 Å². The normalized spacial score (nSPS) is 25.8. The Labute approximate surface area is 152 Å². The lowest BCUT2D eigenvalue weighted by Gasteiger charge is -2.16. The van der Waals surface area contributed by atoms with E-state index in [-0.39, 0.29) is 6.61 Å². The van der Waals surface area contributed by atoms with Crippen molar-refractivity contribution in [1.82, 2.24) is 19.5 Å². The number of ether oxygens (including phenoxy) is 1. The molecule has 138 valence electrons. The standard InChI is InChI=1S/C16H19N5O4S/c1-8-2-3-9(26-8)4-17-14-11-15(19-6-18-14)21(7-20-11)16-13(24)12(23)10(5-22)25-16/h2-3,6-7,10,12-13,16,22-24H,4-5H2,1H3,(H,17,18,19)/t10-,12?,13?,16-/m1/s1. The molecule has 0 spiro atoms. The van der Waals surface area contributed by atoms with E-state index in [0.717, 1.165) is 0 Å². The number of imidazole rings is 1. The molecule has 1 saturated heterocycles. The monoisotopic (exact) mass is 377 g/mol. The number of anilines is 1. The van der Waals surface area contributed by atoms with Gasteiger partial charge in [-0.3, -0.25) is 4.57 Å². The molecule has 4 atom stereocenters. The Morgan fingerprint density at radius 3 is 2.77 bits per heavy atom. The molecule has 1 aliphatic rings. The summed E-state index contributed by atoms with van der Waals surface area (Å²) in [4.78, 5) is 15.2. The van der Waals surface area contributed by atoms with Crippen molar-refractivity contribution in [2.75, 3.05) is 11.9 Å². The summed E-state index contributed by atoms with van der Waals surface area (Å²) >= 11 is 1.71. The van der Waals surface area contributed by atoms with E-state index in [2.05, 4.69) is 39.3 Å². The maximum absolute atomic E-state index is 10.2. The number of aromatic nitrogens is 4. The lowest BCUT2D eigenvalue weighted by atomic mass is 10.1. The Kier molecular flexibility index (Phi) is 4.59. The summed E-state index contributed by atoms with van der Waals surface area (Å²) < 4.78 is 7.10. The molecule has 3 aromatic rings. The van der Waals surface area contributed by atoms with Gasteiger partial charge in [0.05, 0.1) is 19.5 Å². The van der Waals surface area contributed by atoms with Crippen LogP contribution in [0.1, 0.15) is 16.0 Å². The van der Waals surface area contributed by atoms with Gasteiger partial charge in [0.15, 0.2) is 23.2 Å². The molecule has 2 unspecified atom stereocenters. The van der Waals surface area contributed by atoms with Gasteiger partial charge < -0.3 is 25.4 Å². The van der Waals surface area contributed by atoms with Crippen LogP contribution in [0, 0.1) is 6.92 Å². The van der Waals surface area contributed by atoms with E-state index in [9.17, 15) is 15.3 Å². The Hall–Kier alpha value is -2.11. The predicted octanol–water partition coefficient (Wildman–Crippen LogP) is 0.420. The molecule has 4 rings (SSSR count). The van der Waals surface area contributed by atoms with Gasteiger partial charge in [-0.2, -0.15) is 0 Å². The lowest BCUT2D eigenvalue weighted by molar-refractivity contribution is -0.0511. The number of aliphatic hydroxyl groups is 3. The van der Waals surface area contributed by atoms with E-state index in [1.165, 1.54) is 22.4 Å². The highest BCUT2D eigenvalue weighted by Gasteiger charge is 2.44. The minimum Gasteiger partial charge on any atom is -0.394 e. The Morgan fingerprint density at radius 2 is 2.08 bits per heavy atom. The maximum Gasteiger partial charge on any atom is 0.167 e. The minimum atomic E-state index is -1.19. The van der Waals surface area contributed by atoms with Crippen molar-refractivity contribution in [1.29, 1.82) is 0 Å². The van der Waals surface area contributed by atoms with Crippen LogP contribution in [0.3, 0.4) is 0 Å². The first-order chi connectivity index (χ1) is 12.6. The number of thiophene rings is 1. The number of fused-ring (bicyclic) bond motifs is 1. The average Bonchev–Trinajstić information content (AvgIpc) is 3.32. The molecule has 9 nitrogen and oxygen atoms in total. The molecule has 0 saturated carbocycles. The van der Waals surface area contributed by atoms with E-state index in [4.69, 9.17) is 4.74 Å².